The summed E-state index contributed by atoms with van der Waals surface area (Å²) in [6.07, 6.45) is 1.97. The Balaban J connectivity index is 2.19. The molecule has 1 N–H and O–H groups in total. The number of fused-ring (bicyclic) bond motifs is 1. The molecule has 2 aromatic carbocycles. The standard InChI is InChI=1S/C14H10N/c1-2-4-11(5-3-1)12-6-7-14-13(10-12)8-9-15-14/h2-10,15H. The summed E-state index contributed by atoms with van der Waals surface area (Å²) < 4.78 is 0. The van der Waals surface area contributed by atoms with Gasteiger partial charge in [0.2, 0.25) is 0 Å². The van der Waals surface area contributed by atoms with Gasteiger partial charge in [-0.15, -0.1) is 0 Å². The molecule has 1 heterocycles. The predicted octanol–water partition coefficient (Wildman–Crippen LogP) is 3.64. The number of nitrogens with one attached hydrogen (secondary N) is 1. The van der Waals surface area contributed by atoms with Crippen molar-refractivity contribution in [2.75, 3.05) is 0 Å². The maximum Gasteiger partial charge on any atom is 0.0454 e. The molecule has 0 fully saturated rings. The Morgan fingerprint density at radius 1 is 0.867 bits per heavy atom. The molecular formula is C14H10N. The third-order valence-corrected chi connectivity index (χ3v) is 2.60. The molecule has 0 unspecified atom stereocenters. The minimum atomic E-state index is 1.18. The van der Waals surface area contributed by atoms with Crippen LogP contribution in [0.1, 0.15) is 0 Å². The zero-order valence-electron chi connectivity index (χ0n) is 8.20. The predicted molar refractivity (Wildman–Crippen MR) is 62.6 cm³/mol. The summed E-state index contributed by atoms with van der Waals surface area (Å²) in [5.41, 5.74) is 3.66. The molecule has 1 nitrogen and oxygen atoms in total. The first kappa shape index (κ1) is 8.30. The lowest BCUT2D eigenvalue weighted by Gasteiger charge is -2.00. The molecule has 0 bridgehead atoms. The Bertz CT molecular complexity index is 578. The van der Waals surface area contributed by atoms with Crippen molar-refractivity contribution < 1.29 is 0 Å². The lowest BCUT2D eigenvalue weighted by atomic mass is 10.0. The van der Waals surface area contributed by atoms with Crippen molar-refractivity contribution in [3.63, 3.8) is 0 Å². The van der Waals surface area contributed by atoms with E-state index in [1.54, 1.807) is 0 Å². The van der Waals surface area contributed by atoms with Gasteiger partial charge in [0.25, 0.3) is 0 Å². The SMILES string of the molecule is [c]1ccc(-c2ccc3[nH]ccc3c2)cc1. The van der Waals surface area contributed by atoms with Gasteiger partial charge in [-0.05, 0) is 40.8 Å². The molecular weight excluding hydrogens is 182 g/mol. The highest BCUT2D eigenvalue weighted by atomic mass is 14.7. The van der Waals surface area contributed by atoms with Crippen LogP contribution in [0.25, 0.3) is 22.0 Å². The van der Waals surface area contributed by atoms with E-state index in [2.05, 4.69) is 47.4 Å². The van der Waals surface area contributed by atoms with Crippen LogP contribution in [-0.4, -0.2) is 4.98 Å². The van der Waals surface area contributed by atoms with Gasteiger partial charge < -0.3 is 4.98 Å². The van der Waals surface area contributed by atoms with Crippen LogP contribution in [0, 0.1) is 6.07 Å². The Hall–Kier alpha value is -2.02. The second kappa shape index (κ2) is 3.28. The van der Waals surface area contributed by atoms with Crippen molar-refractivity contribution in [2.45, 2.75) is 0 Å². The molecule has 0 aliphatic carbocycles. The minimum Gasteiger partial charge on any atom is -0.361 e. The summed E-state index contributed by atoms with van der Waals surface area (Å²) in [6, 6.07) is 19.6. The smallest absolute Gasteiger partial charge is 0.0454 e. The van der Waals surface area contributed by atoms with Crippen LogP contribution in [0.15, 0.2) is 54.7 Å². The first-order chi connectivity index (χ1) is 7.43. The molecule has 1 radical (unpaired) electrons. The Labute approximate surface area is 88.4 Å². The molecule has 0 saturated carbocycles. The Kier molecular flexibility index (Phi) is 1.82. The van der Waals surface area contributed by atoms with E-state index in [0.29, 0.717) is 0 Å². The van der Waals surface area contributed by atoms with E-state index in [4.69, 9.17) is 0 Å². The van der Waals surface area contributed by atoms with E-state index < -0.39 is 0 Å². The molecule has 0 amide bonds. The summed E-state index contributed by atoms with van der Waals surface area (Å²) in [5, 5.41) is 1.25. The molecule has 15 heavy (non-hydrogen) atoms. The highest BCUT2D eigenvalue weighted by Crippen LogP contribution is 2.23. The Morgan fingerprint density at radius 2 is 1.73 bits per heavy atom. The van der Waals surface area contributed by atoms with Crippen molar-refractivity contribution in [1.82, 2.24) is 4.98 Å². The molecule has 3 aromatic rings. The number of hydrogen-bond donors (Lipinski definition) is 1. The largest absolute Gasteiger partial charge is 0.361 e. The lowest BCUT2D eigenvalue weighted by molar-refractivity contribution is 1.48. The monoisotopic (exact) mass is 192 g/mol. The van der Waals surface area contributed by atoms with Gasteiger partial charge in [-0.3, -0.25) is 0 Å². The van der Waals surface area contributed by atoms with Crippen LogP contribution < -0.4 is 0 Å². The topological polar surface area (TPSA) is 15.8 Å². The number of aromatic nitrogens is 1. The maximum atomic E-state index is 3.19. The molecule has 0 aliphatic rings. The van der Waals surface area contributed by atoms with E-state index in [-0.39, 0.29) is 0 Å². The van der Waals surface area contributed by atoms with Gasteiger partial charge >= 0.3 is 0 Å². The summed E-state index contributed by atoms with van der Waals surface area (Å²) in [7, 11) is 0. The van der Waals surface area contributed by atoms with E-state index in [1.165, 1.54) is 22.0 Å². The number of benzene rings is 2. The Morgan fingerprint density at radius 3 is 2.60 bits per heavy atom. The fourth-order valence-corrected chi connectivity index (χ4v) is 1.81. The molecule has 0 saturated heterocycles. The van der Waals surface area contributed by atoms with Crippen molar-refractivity contribution in [3.05, 3.63) is 60.8 Å². The number of aromatic amines is 1. The van der Waals surface area contributed by atoms with Gasteiger partial charge in [0.1, 0.15) is 0 Å². The van der Waals surface area contributed by atoms with Crippen LogP contribution >= 0.6 is 0 Å². The minimum absolute atomic E-state index is 1.18. The highest BCUT2D eigenvalue weighted by Gasteiger charge is 1.98. The van der Waals surface area contributed by atoms with Crippen molar-refractivity contribution in [2.24, 2.45) is 0 Å². The molecule has 0 spiro atoms. The zero-order chi connectivity index (χ0) is 10.1. The van der Waals surface area contributed by atoms with E-state index in [1.807, 2.05) is 18.3 Å². The van der Waals surface area contributed by atoms with E-state index >= 15 is 0 Å². The quantitative estimate of drug-likeness (QED) is 0.606. The normalized spacial score (nSPS) is 10.7. The molecule has 1 heteroatoms. The van der Waals surface area contributed by atoms with Crippen LogP contribution in [-0.2, 0) is 0 Å². The van der Waals surface area contributed by atoms with Gasteiger partial charge in [0, 0.05) is 11.7 Å². The van der Waals surface area contributed by atoms with Crippen LogP contribution in [0.3, 0.4) is 0 Å². The first-order valence-electron chi connectivity index (χ1n) is 4.97. The molecule has 0 atom stereocenters. The molecule has 1 aromatic heterocycles. The number of rotatable bonds is 1. The summed E-state index contributed by atoms with van der Waals surface area (Å²) in [6.45, 7) is 0. The molecule has 0 aliphatic heterocycles. The third kappa shape index (κ3) is 1.42. The molecule has 71 valence electrons. The van der Waals surface area contributed by atoms with Gasteiger partial charge in [0.05, 0.1) is 0 Å². The van der Waals surface area contributed by atoms with Crippen molar-refractivity contribution in [3.8, 4) is 11.1 Å². The van der Waals surface area contributed by atoms with E-state index in [9.17, 15) is 0 Å². The van der Waals surface area contributed by atoms with Crippen molar-refractivity contribution >= 4 is 10.9 Å². The van der Waals surface area contributed by atoms with Crippen LogP contribution in [0.4, 0.5) is 0 Å². The number of H-pyrrole nitrogens is 1. The second-order valence-corrected chi connectivity index (χ2v) is 3.57. The molecule has 3 rings (SSSR count). The van der Waals surface area contributed by atoms with Gasteiger partial charge in [-0.25, -0.2) is 0 Å². The van der Waals surface area contributed by atoms with Crippen LogP contribution in [0.2, 0.25) is 0 Å². The second-order valence-electron chi connectivity index (χ2n) is 3.57. The van der Waals surface area contributed by atoms with Gasteiger partial charge in [0.15, 0.2) is 0 Å². The third-order valence-electron chi connectivity index (χ3n) is 2.60. The fourth-order valence-electron chi connectivity index (χ4n) is 1.81. The average molecular weight is 192 g/mol. The zero-order valence-corrected chi connectivity index (χ0v) is 8.20. The summed E-state index contributed by atoms with van der Waals surface area (Å²) in [4.78, 5) is 3.19. The summed E-state index contributed by atoms with van der Waals surface area (Å²) in [5.74, 6) is 0. The average Bonchev–Trinajstić information content (AvgIpc) is 2.77. The lowest BCUT2D eigenvalue weighted by Crippen LogP contribution is -1.76. The highest BCUT2D eigenvalue weighted by molar-refractivity contribution is 5.84. The summed E-state index contributed by atoms with van der Waals surface area (Å²) >= 11 is 0. The van der Waals surface area contributed by atoms with E-state index in [0.717, 1.165) is 0 Å². The number of hydrogen-bond acceptors (Lipinski definition) is 0. The fraction of sp³-hybridized carbons (Fsp3) is 0. The van der Waals surface area contributed by atoms with Crippen LogP contribution in [0.5, 0.6) is 0 Å². The van der Waals surface area contributed by atoms with Gasteiger partial charge in [-0.2, -0.15) is 0 Å². The first-order valence-corrected chi connectivity index (χ1v) is 4.97. The maximum absolute atomic E-state index is 3.19. The van der Waals surface area contributed by atoms with Gasteiger partial charge in [-0.1, -0.05) is 30.3 Å². The van der Waals surface area contributed by atoms with Crippen molar-refractivity contribution in [1.29, 1.82) is 0 Å².